The van der Waals surface area contributed by atoms with E-state index in [9.17, 15) is 10.1 Å². The quantitative estimate of drug-likeness (QED) is 0.818. The number of hydrogen-bond acceptors (Lipinski definition) is 4. The second-order valence-electron chi connectivity index (χ2n) is 5.68. The van der Waals surface area contributed by atoms with Gasteiger partial charge in [-0.15, -0.1) is 0 Å². The number of nitrogens with zero attached hydrogens (tertiary/aromatic N) is 3. The Hall–Kier alpha value is -1.64. The zero-order valence-corrected chi connectivity index (χ0v) is 13.6. The minimum Gasteiger partial charge on any atom is -0.337 e. The maximum atomic E-state index is 12.0. The fourth-order valence-electron chi connectivity index (χ4n) is 1.74. The van der Waals surface area contributed by atoms with Crippen LogP contribution in [0.15, 0.2) is 18.3 Å². The predicted molar refractivity (Wildman–Crippen MR) is 82.6 cm³/mol. The van der Waals surface area contributed by atoms with Crippen LogP contribution in [0.2, 0.25) is 5.15 Å². The first kappa shape index (κ1) is 17.4. The fraction of sp³-hybridized carbons (Fsp3) is 0.533. The molecule has 0 aromatic carbocycles. The van der Waals surface area contributed by atoms with E-state index in [-0.39, 0.29) is 18.4 Å². The van der Waals surface area contributed by atoms with Gasteiger partial charge in [0.2, 0.25) is 5.91 Å². The van der Waals surface area contributed by atoms with Gasteiger partial charge in [-0.2, -0.15) is 5.26 Å². The summed E-state index contributed by atoms with van der Waals surface area (Å²) in [6.45, 7) is 6.35. The minimum absolute atomic E-state index is 0.0391. The Balaban J connectivity index is 2.55. The molecule has 0 aliphatic heterocycles. The van der Waals surface area contributed by atoms with Crippen LogP contribution < -0.4 is 5.32 Å². The number of hydrogen-bond donors (Lipinski definition) is 1. The third kappa shape index (κ3) is 5.33. The number of carbonyl (C=O) groups is 1. The lowest BCUT2D eigenvalue weighted by Crippen LogP contribution is -2.51. The Morgan fingerprint density at radius 1 is 1.57 bits per heavy atom. The van der Waals surface area contributed by atoms with Gasteiger partial charge in [-0.05, 0) is 31.5 Å². The summed E-state index contributed by atoms with van der Waals surface area (Å²) in [5, 5.41) is 12.4. The summed E-state index contributed by atoms with van der Waals surface area (Å²) in [5.41, 5.74) is 0.126. The number of pyridine rings is 1. The van der Waals surface area contributed by atoms with E-state index < -0.39 is 5.54 Å². The van der Waals surface area contributed by atoms with E-state index >= 15 is 0 Å². The van der Waals surface area contributed by atoms with Crippen LogP contribution in [0.5, 0.6) is 0 Å². The second-order valence-corrected chi connectivity index (χ2v) is 6.07. The Bertz CT molecular complexity index is 523. The van der Waals surface area contributed by atoms with Crippen molar-refractivity contribution in [3.63, 3.8) is 0 Å². The van der Waals surface area contributed by atoms with Gasteiger partial charge >= 0.3 is 0 Å². The van der Waals surface area contributed by atoms with E-state index in [1.807, 2.05) is 31.9 Å². The Labute approximate surface area is 130 Å². The van der Waals surface area contributed by atoms with E-state index in [1.54, 1.807) is 19.2 Å². The molecule has 21 heavy (non-hydrogen) atoms. The van der Waals surface area contributed by atoms with Gasteiger partial charge in [-0.25, -0.2) is 4.98 Å². The first-order valence-corrected chi connectivity index (χ1v) is 7.16. The molecular weight excluding hydrogens is 288 g/mol. The molecule has 1 atom stereocenters. The van der Waals surface area contributed by atoms with Gasteiger partial charge < -0.3 is 5.32 Å². The van der Waals surface area contributed by atoms with Crippen molar-refractivity contribution in [2.75, 3.05) is 13.6 Å². The summed E-state index contributed by atoms with van der Waals surface area (Å²) in [6, 6.07) is 5.75. The molecule has 0 aliphatic rings. The van der Waals surface area contributed by atoms with Gasteiger partial charge in [0, 0.05) is 12.7 Å². The molecule has 114 valence electrons. The van der Waals surface area contributed by atoms with Crippen LogP contribution >= 0.6 is 11.6 Å². The van der Waals surface area contributed by atoms with Crippen LogP contribution in [-0.4, -0.2) is 34.9 Å². The topological polar surface area (TPSA) is 69.0 Å². The van der Waals surface area contributed by atoms with E-state index in [0.717, 1.165) is 5.56 Å². The standard InChI is InChI=1S/C15H21ClN4O/c1-11(2)15(3,10-17)19-14(21)9-20(4)8-12-5-6-13(16)18-7-12/h5-7,11H,8-9H2,1-4H3,(H,19,21)/t15-/m1/s1. The first-order chi connectivity index (χ1) is 9.76. The van der Waals surface area contributed by atoms with Crippen LogP contribution in [0.4, 0.5) is 0 Å². The molecule has 1 rings (SSSR count). The summed E-state index contributed by atoms with van der Waals surface area (Å²) < 4.78 is 0. The van der Waals surface area contributed by atoms with Crippen molar-refractivity contribution in [1.29, 1.82) is 5.26 Å². The van der Waals surface area contributed by atoms with Crippen LogP contribution in [-0.2, 0) is 11.3 Å². The molecule has 0 fully saturated rings. The number of nitrogens with one attached hydrogen (secondary N) is 1. The van der Waals surface area contributed by atoms with Crippen molar-refractivity contribution < 1.29 is 4.79 Å². The average Bonchev–Trinajstić information content (AvgIpc) is 2.40. The highest BCUT2D eigenvalue weighted by Gasteiger charge is 2.30. The molecule has 1 N–H and O–H groups in total. The number of likely N-dealkylation sites (N-methyl/N-ethyl adjacent to an activating group) is 1. The summed E-state index contributed by atoms with van der Waals surface area (Å²) in [4.78, 5) is 17.9. The summed E-state index contributed by atoms with van der Waals surface area (Å²) in [6.07, 6.45) is 1.68. The first-order valence-electron chi connectivity index (χ1n) is 6.78. The number of amides is 1. The number of rotatable bonds is 6. The van der Waals surface area contributed by atoms with E-state index in [4.69, 9.17) is 11.6 Å². The summed E-state index contributed by atoms with van der Waals surface area (Å²) >= 11 is 5.73. The average molecular weight is 309 g/mol. The lowest BCUT2D eigenvalue weighted by atomic mass is 9.90. The van der Waals surface area contributed by atoms with E-state index in [0.29, 0.717) is 11.7 Å². The molecule has 1 aromatic rings. The number of aromatic nitrogens is 1. The number of carbonyl (C=O) groups excluding carboxylic acids is 1. The van der Waals surface area contributed by atoms with Gasteiger partial charge in [0.1, 0.15) is 10.7 Å². The van der Waals surface area contributed by atoms with Crippen LogP contribution in [0.1, 0.15) is 26.3 Å². The Morgan fingerprint density at radius 3 is 2.71 bits per heavy atom. The molecule has 0 saturated heterocycles. The monoisotopic (exact) mass is 308 g/mol. The number of nitriles is 1. The van der Waals surface area contributed by atoms with Gasteiger partial charge in [0.05, 0.1) is 12.6 Å². The Kier molecular flexibility index (Phi) is 6.13. The van der Waals surface area contributed by atoms with Crippen molar-refractivity contribution in [2.45, 2.75) is 32.9 Å². The van der Waals surface area contributed by atoms with Crippen molar-refractivity contribution >= 4 is 17.5 Å². The lowest BCUT2D eigenvalue weighted by Gasteiger charge is -2.28. The normalized spacial score (nSPS) is 13.8. The Morgan fingerprint density at radius 2 is 2.24 bits per heavy atom. The smallest absolute Gasteiger partial charge is 0.235 e. The van der Waals surface area contributed by atoms with Crippen molar-refractivity contribution in [2.24, 2.45) is 5.92 Å². The predicted octanol–water partition coefficient (Wildman–Crippen LogP) is 2.22. The molecule has 0 radical (unpaired) electrons. The highest BCUT2D eigenvalue weighted by Crippen LogP contribution is 2.15. The second kappa shape index (κ2) is 7.39. The van der Waals surface area contributed by atoms with Crippen LogP contribution in [0, 0.1) is 17.2 Å². The molecule has 0 aliphatic carbocycles. The zero-order chi connectivity index (χ0) is 16.0. The third-order valence-electron chi connectivity index (χ3n) is 3.44. The fourth-order valence-corrected chi connectivity index (χ4v) is 1.86. The van der Waals surface area contributed by atoms with E-state index in [1.165, 1.54) is 0 Å². The van der Waals surface area contributed by atoms with Gasteiger partial charge in [0.25, 0.3) is 0 Å². The molecule has 0 bridgehead atoms. The van der Waals surface area contributed by atoms with Crippen molar-refractivity contribution in [1.82, 2.24) is 15.2 Å². The molecular formula is C15H21ClN4O. The van der Waals surface area contributed by atoms with Crippen molar-refractivity contribution in [3.8, 4) is 6.07 Å². The van der Waals surface area contributed by atoms with Crippen molar-refractivity contribution in [3.05, 3.63) is 29.0 Å². The zero-order valence-electron chi connectivity index (χ0n) is 12.9. The summed E-state index contributed by atoms with van der Waals surface area (Å²) in [5.74, 6) is -0.130. The van der Waals surface area contributed by atoms with Crippen LogP contribution in [0.25, 0.3) is 0 Å². The SMILES string of the molecule is CC(C)[C@@](C)(C#N)NC(=O)CN(C)Cc1ccc(Cl)nc1. The highest BCUT2D eigenvalue weighted by atomic mass is 35.5. The lowest BCUT2D eigenvalue weighted by molar-refractivity contribution is -0.123. The van der Waals surface area contributed by atoms with Gasteiger partial charge in [-0.3, -0.25) is 9.69 Å². The maximum absolute atomic E-state index is 12.0. The highest BCUT2D eigenvalue weighted by molar-refractivity contribution is 6.29. The van der Waals surface area contributed by atoms with Crippen LogP contribution in [0.3, 0.4) is 0 Å². The van der Waals surface area contributed by atoms with Gasteiger partial charge in [-0.1, -0.05) is 31.5 Å². The van der Waals surface area contributed by atoms with E-state index in [2.05, 4.69) is 16.4 Å². The minimum atomic E-state index is -0.847. The third-order valence-corrected chi connectivity index (χ3v) is 3.66. The molecule has 0 unspecified atom stereocenters. The number of halogens is 1. The maximum Gasteiger partial charge on any atom is 0.235 e. The molecule has 0 saturated carbocycles. The molecule has 1 amide bonds. The van der Waals surface area contributed by atoms with Gasteiger partial charge in [0.15, 0.2) is 0 Å². The molecule has 6 heteroatoms. The molecule has 1 heterocycles. The molecule has 0 spiro atoms. The summed E-state index contributed by atoms with van der Waals surface area (Å²) in [7, 11) is 1.84. The molecule has 1 aromatic heterocycles. The molecule has 5 nitrogen and oxygen atoms in total. The largest absolute Gasteiger partial charge is 0.337 e.